The van der Waals surface area contributed by atoms with Crippen LogP contribution in [0, 0.1) is 5.82 Å². The number of carbonyl (C=O) groups excluding carboxylic acids is 1. The molecule has 0 radical (unpaired) electrons. The van der Waals surface area contributed by atoms with Gasteiger partial charge in [-0.3, -0.25) is 4.90 Å². The first-order valence-corrected chi connectivity index (χ1v) is 8.49. The Morgan fingerprint density at radius 2 is 2.26 bits per heavy atom. The van der Waals surface area contributed by atoms with Gasteiger partial charge in [0, 0.05) is 23.2 Å². The van der Waals surface area contributed by atoms with Gasteiger partial charge in [0.15, 0.2) is 0 Å². The summed E-state index contributed by atoms with van der Waals surface area (Å²) in [6.07, 6.45) is 4.12. The Hall–Kier alpha value is -1.33. The number of methoxy groups -OCH3 is 1. The summed E-state index contributed by atoms with van der Waals surface area (Å²) in [6, 6.07) is 4.79. The van der Waals surface area contributed by atoms with Crippen LogP contribution in [-0.2, 0) is 10.3 Å². The van der Waals surface area contributed by atoms with Crippen LogP contribution in [0.2, 0.25) is 5.02 Å². The maximum atomic E-state index is 14.5. The van der Waals surface area contributed by atoms with Crippen LogP contribution in [0.15, 0.2) is 18.2 Å². The fourth-order valence-corrected chi connectivity index (χ4v) is 3.89. The van der Waals surface area contributed by atoms with Gasteiger partial charge < -0.3 is 10.1 Å². The number of halogens is 2. The first kappa shape index (κ1) is 16.5. The Kier molecular flexibility index (Phi) is 4.78. The third-order valence-electron chi connectivity index (χ3n) is 5.09. The van der Waals surface area contributed by atoms with Crippen molar-refractivity contribution in [3.05, 3.63) is 34.6 Å². The Balaban J connectivity index is 1.96. The average molecular weight is 341 g/mol. The maximum absolute atomic E-state index is 14.5. The summed E-state index contributed by atoms with van der Waals surface area (Å²) in [4.78, 5) is 14.1. The van der Waals surface area contributed by atoms with E-state index in [4.69, 9.17) is 16.3 Å². The minimum Gasteiger partial charge on any atom is -0.453 e. The van der Waals surface area contributed by atoms with E-state index in [1.807, 2.05) is 0 Å². The molecule has 0 spiro atoms. The van der Waals surface area contributed by atoms with Gasteiger partial charge in [-0.15, -0.1) is 0 Å². The number of hydrogen-bond acceptors (Lipinski definition) is 3. The molecule has 0 unspecified atom stereocenters. The fraction of sp³-hybridized carbons (Fsp3) is 0.588. The summed E-state index contributed by atoms with van der Waals surface area (Å²) in [5.41, 5.74) is -0.147. The zero-order valence-electron chi connectivity index (χ0n) is 13.3. The quantitative estimate of drug-likeness (QED) is 0.909. The molecule has 2 fully saturated rings. The van der Waals surface area contributed by atoms with Gasteiger partial charge in [0.05, 0.1) is 12.6 Å². The third-order valence-corrected chi connectivity index (χ3v) is 5.32. The SMILES string of the molecule is COC(=O)N(C[C@@H]1CCCN1)C1(c2cc(Cl)ccc2F)CCC1. The molecule has 1 amide bonds. The highest BCUT2D eigenvalue weighted by molar-refractivity contribution is 6.30. The molecular formula is C17H22ClFN2O2. The number of nitrogens with one attached hydrogen (secondary N) is 1. The maximum Gasteiger partial charge on any atom is 0.410 e. The van der Waals surface area contributed by atoms with Gasteiger partial charge in [-0.2, -0.15) is 0 Å². The van der Waals surface area contributed by atoms with Crippen LogP contribution < -0.4 is 5.32 Å². The van der Waals surface area contributed by atoms with Gasteiger partial charge >= 0.3 is 6.09 Å². The molecule has 126 valence electrons. The highest BCUT2D eigenvalue weighted by Gasteiger charge is 2.49. The number of rotatable bonds is 4. The van der Waals surface area contributed by atoms with E-state index in [-0.39, 0.29) is 11.9 Å². The summed E-state index contributed by atoms with van der Waals surface area (Å²) in [7, 11) is 1.37. The molecule has 1 atom stereocenters. The molecule has 1 aromatic carbocycles. The molecule has 1 saturated carbocycles. The lowest BCUT2D eigenvalue weighted by Crippen LogP contribution is -2.57. The van der Waals surface area contributed by atoms with E-state index in [9.17, 15) is 9.18 Å². The zero-order valence-corrected chi connectivity index (χ0v) is 14.0. The molecule has 1 saturated heterocycles. The largest absolute Gasteiger partial charge is 0.453 e. The molecule has 6 heteroatoms. The van der Waals surface area contributed by atoms with E-state index in [0.717, 1.165) is 38.6 Å². The summed E-state index contributed by atoms with van der Waals surface area (Å²) in [6.45, 7) is 1.48. The van der Waals surface area contributed by atoms with Crippen molar-refractivity contribution >= 4 is 17.7 Å². The van der Waals surface area contributed by atoms with Gasteiger partial charge in [-0.05, 0) is 56.8 Å². The number of benzene rings is 1. The monoisotopic (exact) mass is 340 g/mol. The lowest BCUT2D eigenvalue weighted by atomic mass is 9.70. The number of hydrogen-bond donors (Lipinski definition) is 1. The first-order valence-electron chi connectivity index (χ1n) is 8.11. The van der Waals surface area contributed by atoms with Crippen molar-refractivity contribution in [1.82, 2.24) is 10.2 Å². The summed E-state index contributed by atoms with van der Waals surface area (Å²) in [5, 5.41) is 3.88. The van der Waals surface area contributed by atoms with E-state index < -0.39 is 11.6 Å². The van der Waals surface area contributed by atoms with Gasteiger partial charge in [-0.1, -0.05) is 11.6 Å². The minimum atomic E-state index is -0.646. The van der Waals surface area contributed by atoms with Crippen molar-refractivity contribution in [3.8, 4) is 0 Å². The van der Waals surface area contributed by atoms with E-state index in [1.165, 1.54) is 19.2 Å². The molecule has 1 heterocycles. The number of nitrogens with zero attached hydrogens (tertiary/aromatic N) is 1. The molecule has 1 N–H and O–H groups in total. The zero-order chi connectivity index (χ0) is 16.4. The molecule has 0 aromatic heterocycles. The van der Waals surface area contributed by atoms with Crippen molar-refractivity contribution in [1.29, 1.82) is 0 Å². The number of ether oxygens (including phenoxy) is 1. The molecule has 0 bridgehead atoms. The summed E-state index contributed by atoms with van der Waals surface area (Å²) < 4.78 is 19.5. The van der Waals surface area contributed by atoms with Crippen molar-refractivity contribution in [2.24, 2.45) is 0 Å². The molecule has 3 rings (SSSR count). The standard InChI is InChI=1S/C17H22ClFN2O2/c1-23-16(22)21(11-13-4-2-9-20-13)17(7-3-8-17)14-10-12(18)5-6-15(14)19/h5-6,10,13,20H,2-4,7-9,11H2,1H3/t13-/m0/s1. The molecule has 1 aliphatic heterocycles. The molecule has 1 aromatic rings. The van der Waals surface area contributed by atoms with E-state index >= 15 is 0 Å². The van der Waals surface area contributed by atoms with Crippen molar-refractivity contribution < 1.29 is 13.9 Å². The second-order valence-electron chi connectivity index (χ2n) is 6.38. The van der Waals surface area contributed by atoms with Crippen LogP contribution in [0.4, 0.5) is 9.18 Å². The highest BCUT2D eigenvalue weighted by atomic mass is 35.5. The second kappa shape index (κ2) is 6.65. The highest BCUT2D eigenvalue weighted by Crippen LogP contribution is 2.48. The van der Waals surface area contributed by atoms with Crippen LogP contribution in [0.5, 0.6) is 0 Å². The first-order chi connectivity index (χ1) is 11.1. The predicted octanol–water partition coefficient (Wildman–Crippen LogP) is 3.68. The smallest absolute Gasteiger partial charge is 0.410 e. The topological polar surface area (TPSA) is 41.6 Å². The molecule has 2 aliphatic rings. The predicted molar refractivity (Wildman–Crippen MR) is 87.1 cm³/mol. The number of carbonyl (C=O) groups is 1. The molecule has 23 heavy (non-hydrogen) atoms. The van der Waals surface area contributed by atoms with Crippen LogP contribution in [-0.4, -0.2) is 37.2 Å². The molecular weight excluding hydrogens is 319 g/mol. The van der Waals surface area contributed by atoms with Crippen molar-refractivity contribution in [2.75, 3.05) is 20.2 Å². The van der Waals surface area contributed by atoms with Gasteiger partial charge in [0.1, 0.15) is 5.82 Å². The van der Waals surface area contributed by atoms with Crippen molar-refractivity contribution in [2.45, 2.75) is 43.7 Å². The van der Waals surface area contributed by atoms with Crippen LogP contribution in [0.1, 0.15) is 37.7 Å². The van der Waals surface area contributed by atoms with E-state index in [2.05, 4.69) is 5.32 Å². The second-order valence-corrected chi connectivity index (χ2v) is 6.82. The third kappa shape index (κ3) is 3.04. The normalized spacial score (nSPS) is 22.5. The summed E-state index contributed by atoms with van der Waals surface area (Å²) in [5.74, 6) is -0.317. The Morgan fingerprint density at radius 3 is 2.83 bits per heavy atom. The van der Waals surface area contributed by atoms with E-state index in [0.29, 0.717) is 17.1 Å². The van der Waals surface area contributed by atoms with Crippen molar-refractivity contribution in [3.63, 3.8) is 0 Å². The summed E-state index contributed by atoms with van der Waals surface area (Å²) >= 11 is 6.08. The fourth-order valence-electron chi connectivity index (χ4n) is 3.72. The van der Waals surface area contributed by atoms with Gasteiger partial charge in [0.25, 0.3) is 0 Å². The van der Waals surface area contributed by atoms with E-state index in [1.54, 1.807) is 11.0 Å². The van der Waals surface area contributed by atoms with Crippen LogP contribution in [0.25, 0.3) is 0 Å². The van der Waals surface area contributed by atoms with Gasteiger partial charge in [-0.25, -0.2) is 9.18 Å². The number of amides is 1. The molecule has 4 nitrogen and oxygen atoms in total. The molecule has 1 aliphatic carbocycles. The van der Waals surface area contributed by atoms with Gasteiger partial charge in [0.2, 0.25) is 0 Å². The minimum absolute atomic E-state index is 0.230. The Labute approximate surface area is 140 Å². The van der Waals surface area contributed by atoms with Crippen LogP contribution >= 0.6 is 11.6 Å². The van der Waals surface area contributed by atoms with Crippen LogP contribution in [0.3, 0.4) is 0 Å². The lowest BCUT2D eigenvalue weighted by Gasteiger charge is -2.50. The lowest BCUT2D eigenvalue weighted by molar-refractivity contribution is 0.00517. The average Bonchev–Trinajstić information content (AvgIpc) is 3.01. The Morgan fingerprint density at radius 1 is 1.48 bits per heavy atom. The Bertz CT molecular complexity index is 586.